The van der Waals surface area contributed by atoms with Gasteiger partial charge in [0.25, 0.3) is 0 Å². The van der Waals surface area contributed by atoms with Crippen LogP contribution in [-0.4, -0.2) is 49.3 Å². The second kappa shape index (κ2) is 6.88. The van der Waals surface area contributed by atoms with Gasteiger partial charge in [0.2, 0.25) is 0 Å². The van der Waals surface area contributed by atoms with Crippen molar-refractivity contribution in [3.63, 3.8) is 0 Å². The molecule has 1 saturated heterocycles. The molecule has 0 spiro atoms. The molecule has 18 heavy (non-hydrogen) atoms. The van der Waals surface area contributed by atoms with E-state index in [9.17, 15) is 0 Å². The maximum absolute atomic E-state index is 5.63. The molecule has 0 aromatic rings. The molecule has 3 nitrogen and oxygen atoms in total. The number of nitrogens with zero attached hydrogens (tertiary/aromatic N) is 1. The number of rotatable bonds is 6. The molecular formula is C15H32N2O. The number of ether oxygens (including phenoxy) is 1. The van der Waals surface area contributed by atoms with Crippen LogP contribution in [0.2, 0.25) is 0 Å². The largest absolute Gasteiger partial charge is 0.377 e. The second-order valence-electron chi connectivity index (χ2n) is 6.92. The Morgan fingerprint density at radius 2 is 2.00 bits per heavy atom. The Morgan fingerprint density at radius 3 is 2.61 bits per heavy atom. The van der Waals surface area contributed by atoms with E-state index >= 15 is 0 Å². The molecular weight excluding hydrogens is 224 g/mol. The van der Waals surface area contributed by atoms with Gasteiger partial charge in [0.1, 0.15) is 0 Å². The summed E-state index contributed by atoms with van der Waals surface area (Å²) in [6, 6.07) is 0. The van der Waals surface area contributed by atoms with Gasteiger partial charge in [0.15, 0.2) is 0 Å². The number of hydrogen-bond acceptors (Lipinski definition) is 3. The topological polar surface area (TPSA) is 24.5 Å². The van der Waals surface area contributed by atoms with Gasteiger partial charge in [0, 0.05) is 19.2 Å². The lowest BCUT2D eigenvalue weighted by Gasteiger charge is -2.39. The number of piperidine rings is 1. The van der Waals surface area contributed by atoms with E-state index in [0.29, 0.717) is 0 Å². The van der Waals surface area contributed by atoms with E-state index in [1.165, 1.54) is 38.8 Å². The van der Waals surface area contributed by atoms with Crippen LogP contribution in [0.1, 0.15) is 53.4 Å². The molecule has 1 N–H and O–H groups in total. The summed E-state index contributed by atoms with van der Waals surface area (Å²) in [6.45, 7) is 13.6. The third-order valence-electron chi connectivity index (χ3n) is 3.79. The minimum atomic E-state index is 0.0852. The molecule has 1 heterocycles. The Hall–Kier alpha value is -0.120. The van der Waals surface area contributed by atoms with Gasteiger partial charge in [-0.1, -0.05) is 0 Å². The van der Waals surface area contributed by atoms with E-state index in [1.54, 1.807) is 0 Å². The molecule has 1 rings (SSSR count). The molecule has 1 aliphatic heterocycles. The summed E-state index contributed by atoms with van der Waals surface area (Å²) < 4.78 is 5.63. The molecule has 0 aromatic heterocycles. The van der Waals surface area contributed by atoms with Crippen molar-refractivity contribution in [1.29, 1.82) is 0 Å². The third kappa shape index (κ3) is 6.17. The van der Waals surface area contributed by atoms with Crippen LogP contribution < -0.4 is 5.32 Å². The fraction of sp³-hybridized carbons (Fsp3) is 1.00. The van der Waals surface area contributed by atoms with Gasteiger partial charge in [-0.25, -0.2) is 0 Å². The molecule has 0 amide bonds. The normalized spacial score (nSPS) is 26.5. The van der Waals surface area contributed by atoms with Crippen molar-refractivity contribution in [2.45, 2.75) is 64.5 Å². The zero-order valence-corrected chi connectivity index (χ0v) is 13.0. The first-order chi connectivity index (χ1) is 8.35. The van der Waals surface area contributed by atoms with E-state index in [4.69, 9.17) is 4.74 Å². The van der Waals surface area contributed by atoms with Crippen LogP contribution in [0.4, 0.5) is 0 Å². The number of unbranched alkanes of at least 4 members (excludes halogenated alkanes) is 1. The van der Waals surface area contributed by atoms with Crippen molar-refractivity contribution >= 4 is 0 Å². The lowest BCUT2D eigenvalue weighted by molar-refractivity contribution is -0.0508. The number of methoxy groups -OCH3 is 1. The number of hydrogen-bond donors (Lipinski definition) is 1. The Balaban J connectivity index is 2.12. The molecule has 0 aliphatic carbocycles. The van der Waals surface area contributed by atoms with E-state index in [2.05, 4.69) is 37.9 Å². The van der Waals surface area contributed by atoms with Crippen molar-refractivity contribution in [2.75, 3.05) is 33.3 Å². The molecule has 108 valence electrons. The fourth-order valence-electron chi connectivity index (χ4n) is 2.59. The predicted octanol–water partition coefficient (Wildman–Crippen LogP) is 2.66. The molecule has 0 bridgehead atoms. The van der Waals surface area contributed by atoms with Gasteiger partial charge in [0.05, 0.1) is 5.60 Å². The first-order valence-electron chi connectivity index (χ1n) is 7.37. The second-order valence-corrected chi connectivity index (χ2v) is 6.92. The summed E-state index contributed by atoms with van der Waals surface area (Å²) in [5.41, 5.74) is 0.335. The van der Waals surface area contributed by atoms with Gasteiger partial charge in [-0.15, -0.1) is 0 Å². The standard InChI is InChI=1S/C15H32N2O/c1-14(2,3)16-10-6-7-11-17-12-8-9-15(4,13-17)18-5/h16H,6-13H2,1-5H3. The van der Waals surface area contributed by atoms with Crippen LogP contribution >= 0.6 is 0 Å². The summed E-state index contributed by atoms with van der Waals surface area (Å²) in [5, 5.41) is 3.54. The Labute approximate surface area is 113 Å². The molecule has 0 saturated carbocycles. The molecule has 1 aliphatic rings. The highest BCUT2D eigenvalue weighted by Gasteiger charge is 2.30. The van der Waals surface area contributed by atoms with Crippen molar-refractivity contribution in [3.05, 3.63) is 0 Å². The molecule has 0 radical (unpaired) electrons. The Bertz CT molecular complexity index is 237. The monoisotopic (exact) mass is 256 g/mol. The number of nitrogens with one attached hydrogen (secondary N) is 1. The summed E-state index contributed by atoms with van der Waals surface area (Å²) in [5.74, 6) is 0. The van der Waals surface area contributed by atoms with Crippen LogP contribution in [0.5, 0.6) is 0 Å². The highest BCUT2D eigenvalue weighted by atomic mass is 16.5. The van der Waals surface area contributed by atoms with Crippen molar-refractivity contribution < 1.29 is 4.74 Å². The van der Waals surface area contributed by atoms with Gasteiger partial charge in [-0.2, -0.15) is 0 Å². The van der Waals surface area contributed by atoms with Crippen LogP contribution in [-0.2, 0) is 4.74 Å². The van der Waals surface area contributed by atoms with E-state index in [1.807, 2.05) is 7.11 Å². The maximum Gasteiger partial charge on any atom is 0.0777 e. The van der Waals surface area contributed by atoms with Gasteiger partial charge in [-0.3, -0.25) is 0 Å². The summed E-state index contributed by atoms with van der Waals surface area (Å²) in [4.78, 5) is 2.56. The quantitative estimate of drug-likeness (QED) is 0.740. The Morgan fingerprint density at radius 1 is 1.28 bits per heavy atom. The van der Waals surface area contributed by atoms with Crippen LogP contribution in [0.25, 0.3) is 0 Å². The zero-order valence-electron chi connectivity index (χ0n) is 13.0. The van der Waals surface area contributed by atoms with Crippen molar-refractivity contribution in [2.24, 2.45) is 0 Å². The number of likely N-dealkylation sites (tertiary alicyclic amines) is 1. The third-order valence-corrected chi connectivity index (χ3v) is 3.79. The minimum Gasteiger partial charge on any atom is -0.377 e. The summed E-state index contributed by atoms with van der Waals surface area (Å²) in [6.07, 6.45) is 5.01. The highest BCUT2D eigenvalue weighted by Crippen LogP contribution is 2.23. The van der Waals surface area contributed by atoms with Crippen LogP contribution in [0.15, 0.2) is 0 Å². The highest BCUT2D eigenvalue weighted by molar-refractivity contribution is 4.84. The smallest absolute Gasteiger partial charge is 0.0777 e. The van der Waals surface area contributed by atoms with E-state index in [-0.39, 0.29) is 11.1 Å². The summed E-state index contributed by atoms with van der Waals surface area (Å²) in [7, 11) is 1.84. The predicted molar refractivity (Wildman–Crippen MR) is 78.1 cm³/mol. The molecule has 0 aromatic carbocycles. The molecule has 3 heteroatoms. The molecule has 1 fully saturated rings. The minimum absolute atomic E-state index is 0.0852. The fourth-order valence-corrected chi connectivity index (χ4v) is 2.59. The van der Waals surface area contributed by atoms with E-state index in [0.717, 1.165) is 13.1 Å². The zero-order chi connectivity index (χ0) is 13.6. The first-order valence-corrected chi connectivity index (χ1v) is 7.37. The average Bonchev–Trinajstić information content (AvgIpc) is 2.27. The van der Waals surface area contributed by atoms with Gasteiger partial charge < -0.3 is 15.0 Å². The summed E-state index contributed by atoms with van der Waals surface area (Å²) >= 11 is 0. The lowest BCUT2D eigenvalue weighted by atomic mass is 9.94. The van der Waals surface area contributed by atoms with Gasteiger partial charge >= 0.3 is 0 Å². The van der Waals surface area contributed by atoms with Crippen LogP contribution in [0.3, 0.4) is 0 Å². The molecule has 1 atom stereocenters. The first kappa shape index (κ1) is 15.9. The van der Waals surface area contributed by atoms with Crippen molar-refractivity contribution in [3.8, 4) is 0 Å². The average molecular weight is 256 g/mol. The SMILES string of the molecule is COC1(C)CCCN(CCCCNC(C)(C)C)C1. The molecule has 1 unspecified atom stereocenters. The maximum atomic E-state index is 5.63. The van der Waals surface area contributed by atoms with Gasteiger partial charge in [-0.05, 0) is 73.0 Å². The Kier molecular flexibility index (Phi) is 6.09. The van der Waals surface area contributed by atoms with E-state index < -0.39 is 0 Å². The van der Waals surface area contributed by atoms with Crippen molar-refractivity contribution in [1.82, 2.24) is 10.2 Å². The lowest BCUT2D eigenvalue weighted by Crippen LogP contribution is -2.47. The van der Waals surface area contributed by atoms with Crippen LogP contribution in [0, 0.1) is 0 Å².